The molecule has 20 heteroatoms. The number of carbonyl (C=O) groups excluding carboxylic acids is 8. The molecule has 0 aliphatic carbocycles. The summed E-state index contributed by atoms with van der Waals surface area (Å²) >= 11 is 0. The Morgan fingerprint density at radius 3 is 1.27 bits per heavy atom. The molecule has 2 heterocycles. The Morgan fingerprint density at radius 2 is 0.928 bits per heavy atom. The minimum Gasteiger partial charge on any atom is -0.343 e. The van der Waals surface area contributed by atoms with Crippen LogP contribution in [0.2, 0.25) is 0 Å². The van der Waals surface area contributed by atoms with Crippen molar-refractivity contribution in [3.8, 4) is 11.1 Å². The Hall–Kier alpha value is -7.58. The normalized spacial score (nSPS) is 16.7. The molecule has 2 aliphatic heterocycles. The fourth-order valence-corrected chi connectivity index (χ4v) is 10.3. The number of benzene rings is 4. The second-order valence-corrected chi connectivity index (χ2v) is 24.0. The van der Waals surface area contributed by atoms with Gasteiger partial charge in [-0.15, -0.1) is 0 Å². The number of nitrogens with two attached hydrogens (primary N) is 1. The third-order valence-corrected chi connectivity index (χ3v) is 15.5. The van der Waals surface area contributed by atoms with Gasteiger partial charge in [0, 0.05) is 62.5 Å². The molecule has 2 saturated heterocycles. The lowest BCUT2D eigenvalue weighted by Crippen LogP contribution is -2.59. The molecule has 6 rings (SSSR count). The third-order valence-electron chi connectivity index (χ3n) is 15.5. The molecule has 83 heavy (non-hydrogen) atoms. The van der Waals surface area contributed by atoms with Crippen LogP contribution in [0.25, 0.3) is 11.1 Å². The summed E-state index contributed by atoms with van der Waals surface area (Å²) in [5.41, 5.74) is 8.29. The lowest BCUT2D eigenvalue weighted by atomic mass is 9.85. The number of hydrogen-bond acceptors (Lipinski definition) is 10. The average Bonchev–Trinajstić information content (AvgIpc) is 4.31. The van der Waals surface area contributed by atoms with Crippen LogP contribution >= 0.6 is 0 Å². The van der Waals surface area contributed by atoms with Crippen molar-refractivity contribution in [1.29, 1.82) is 0 Å². The molecule has 0 unspecified atom stereocenters. The number of rotatable bonds is 24. The molecular formula is C63H84F2N10O8. The predicted molar refractivity (Wildman–Crippen MR) is 314 cm³/mol. The van der Waals surface area contributed by atoms with Gasteiger partial charge in [-0.1, -0.05) is 90.1 Å². The number of likely N-dealkylation sites (tertiary alicyclic amines) is 2. The van der Waals surface area contributed by atoms with Crippen LogP contribution in [-0.2, 0) is 41.6 Å². The zero-order chi connectivity index (χ0) is 60.8. The Balaban J connectivity index is 1.07. The van der Waals surface area contributed by atoms with Gasteiger partial charge in [-0.05, 0) is 141 Å². The van der Waals surface area contributed by atoms with E-state index in [0.717, 1.165) is 22.3 Å². The molecule has 18 nitrogen and oxygen atoms in total. The maximum Gasteiger partial charge on any atom is 0.251 e. The molecule has 0 aromatic heterocycles. The zero-order valence-corrected chi connectivity index (χ0v) is 49.5. The maximum absolute atomic E-state index is 14.2. The quantitative estimate of drug-likeness (QED) is 0.0535. The van der Waals surface area contributed by atoms with Crippen molar-refractivity contribution in [3.63, 3.8) is 0 Å². The van der Waals surface area contributed by atoms with Gasteiger partial charge in [0.2, 0.25) is 35.4 Å². The van der Waals surface area contributed by atoms with E-state index in [1.54, 1.807) is 113 Å². The average molecular weight is 1150 g/mol. The highest BCUT2D eigenvalue weighted by Gasteiger charge is 2.42. The number of amides is 8. The van der Waals surface area contributed by atoms with Gasteiger partial charge < -0.3 is 51.9 Å². The topological polar surface area (TPSA) is 236 Å². The zero-order valence-electron chi connectivity index (χ0n) is 49.5. The summed E-state index contributed by atoms with van der Waals surface area (Å²) in [5, 5.41) is 14.2. The van der Waals surface area contributed by atoms with Gasteiger partial charge in [-0.2, -0.15) is 0 Å². The number of hydrogen-bond donors (Lipinski definition) is 6. The van der Waals surface area contributed by atoms with Gasteiger partial charge in [0.05, 0.1) is 25.2 Å². The molecule has 4 aromatic carbocycles. The number of carbonyl (C=O) groups is 8. The Morgan fingerprint density at radius 1 is 0.566 bits per heavy atom. The second kappa shape index (κ2) is 29.1. The van der Waals surface area contributed by atoms with Gasteiger partial charge in [0.1, 0.15) is 23.7 Å². The summed E-state index contributed by atoms with van der Waals surface area (Å²) in [5.74, 6) is -3.73. The van der Waals surface area contributed by atoms with Gasteiger partial charge in [0.15, 0.2) is 0 Å². The monoisotopic (exact) mass is 1150 g/mol. The number of halogens is 2. The molecule has 4 aromatic rings. The fourth-order valence-electron chi connectivity index (χ4n) is 10.3. The lowest BCUT2D eigenvalue weighted by Gasteiger charge is -2.37. The van der Waals surface area contributed by atoms with Crippen molar-refractivity contribution >= 4 is 47.3 Å². The fraction of sp³-hybridized carbons (Fsp3) is 0.492. The Bertz CT molecular complexity index is 2890. The minimum absolute atomic E-state index is 0.176. The first-order valence-electron chi connectivity index (χ1n) is 28.7. The van der Waals surface area contributed by atoms with Gasteiger partial charge in [0.25, 0.3) is 11.8 Å². The number of likely N-dealkylation sites (N-methyl/N-ethyl adjacent to an activating group) is 1. The van der Waals surface area contributed by atoms with E-state index >= 15 is 0 Å². The van der Waals surface area contributed by atoms with Gasteiger partial charge in [-0.25, -0.2) is 8.78 Å². The van der Waals surface area contributed by atoms with Crippen LogP contribution in [0.3, 0.4) is 0 Å². The maximum atomic E-state index is 14.2. The minimum atomic E-state index is -0.858. The van der Waals surface area contributed by atoms with E-state index in [-0.39, 0.29) is 92.5 Å². The third kappa shape index (κ3) is 18.2. The Labute approximate surface area is 487 Å². The highest BCUT2D eigenvalue weighted by atomic mass is 19.1. The van der Waals surface area contributed by atoms with Crippen LogP contribution in [0.15, 0.2) is 97.1 Å². The van der Waals surface area contributed by atoms with E-state index in [1.165, 1.54) is 24.3 Å². The lowest BCUT2D eigenvalue weighted by molar-refractivity contribution is -0.142. The first-order valence-corrected chi connectivity index (χ1v) is 28.7. The molecule has 7 N–H and O–H groups in total. The van der Waals surface area contributed by atoms with Crippen molar-refractivity contribution < 1.29 is 47.1 Å². The summed E-state index contributed by atoms with van der Waals surface area (Å²) in [6.45, 7) is 15.6. The smallest absolute Gasteiger partial charge is 0.251 e. The van der Waals surface area contributed by atoms with Crippen molar-refractivity contribution in [1.82, 2.24) is 46.2 Å². The van der Waals surface area contributed by atoms with Gasteiger partial charge >= 0.3 is 0 Å². The van der Waals surface area contributed by atoms with Crippen LogP contribution in [-0.4, -0.2) is 163 Å². The summed E-state index contributed by atoms with van der Waals surface area (Å²) < 4.78 is 27.6. The van der Waals surface area contributed by atoms with E-state index < -0.39 is 52.7 Å². The summed E-state index contributed by atoms with van der Waals surface area (Å²) in [4.78, 5) is 116. The van der Waals surface area contributed by atoms with Crippen LogP contribution < -0.4 is 32.3 Å². The van der Waals surface area contributed by atoms with Crippen molar-refractivity contribution in [3.05, 3.63) is 131 Å². The molecule has 0 spiro atoms. The molecular weight excluding hydrogens is 1060 g/mol. The van der Waals surface area contributed by atoms with Gasteiger partial charge in [-0.3, -0.25) is 38.4 Å². The summed E-state index contributed by atoms with van der Waals surface area (Å²) in [6.07, 6.45) is 3.45. The molecule has 0 bridgehead atoms. The highest BCUT2D eigenvalue weighted by molar-refractivity contribution is 5.98. The molecule has 8 amide bonds. The molecule has 2 aliphatic rings. The number of nitrogens with zero attached hydrogens (tertiary/aromatic N) is 4. The van der Waals surface area contributed by atoms with Crippen molar-refractivity contribution in [2.75, 3.05) is 59.4 Å². The SMILES string of the molecule is CN[C@@H](C)C(=O)N[C@H](C(=O)N1CCC[C@H]1CN(CCc1ccc(F)cc1)C(=O)CNC(=O)c1ccc(-c2ccc(C(=O)NCC(=O)N(CCc3ccc(F)cc3)C[C@@H]3CCCN3C(=O)[C@@H](NC(=O)[C@H](C)N)C(C)(C)C)cc2)cc1)C(C)(C)C. The standard InChI is InChI=1S/C63H84F2N10O8/c1-40(66)56(78)70-54(62(3,4)5)60(82)74-32-10-12-50(74)38-72(34-30-42-14-26-48(64)27-15-42)52(76)36-68-58(80)46-22-18-44(19-23-46)45-20-24-47(25-21-45)59(81)69-37-53(77)73(35-31-43-16-28-49(65)29-17-43)39-51-13-11-33-75(51)61(83)55(63(6,7)8)71-57(79)41(2)67-9/h14-29,40-41,50-51,54-55,67H,10-13,30-39,66H2,1-9H3,(H,68,80)(H,69,81)(H,70,78)(H,71,79)/t40-,41-,50-,51-,54+,55+/m0/s1. The van der Waals surface area contributed by atoms with E-state index in [4.69, 9.17) is 5.73 Å². The van der Waals surface area contributed by atoms with Crippen LogP contribution in [0, 0.1) is 22.5 Å². The van der Waals surface area contributed by atoms with E-state index in [2.05, 4.69) is 26.6 Å². The van der Waals surface area contributed by atoms with Crippen LogP contribution in [0.5, 0.6) is 0 Å². The summed E-state index contributed by atoms with van der Waals surface area (Å²) in [6, 6.07) is 21.8. The summed E-state index contributed by atoms with van der Waals surface area (Å²) in [7, 11) is 1.67. The number of nitrogens with one attached hydrogen (secondary N) is 5. The van der Waals surface area contributed by atoms with Crippen LogP contribution in [0.1, 0.15) is 113 Å². The highest BCUT2D eigenvalue weighted by Crippen LogP contribution is 2.29. The molecule has 6 atom stereocenters. The van der Waals surface area contributed by atoms with Crippen molar-refractivity contribution in [2.24, 2.45) is 16.6 Å². The Kier molecular flexibility index (Phi) is 22.6. The van der Waals surface area contributed by atoms with E-state index in [9.17, 15) is 47.1 Å². The van der Waals surface area contributed by atoms with Crippen molar-refractivity contribution in [2.45, 2.75) is 130 Å². The molecule has 0 radical (unpaired) electrons. The van der Waals surface area contributed by atoms with Crippen LogP contribution in [0.4, 0.5) is 8.78 Å². The first kappa shape index (κ1) is 64.6. The predicted octanol–water partition coefficient (Wildman–Crippen LogP) is 5.23. The van der Waals surface area contributed by atoms with E-state index in [1.807, 2.05) is 41.5 Å². The first-order chi connectivity index (χ1) is 39.2. The largest absolute Gasteiger partial charge is 0.343 e. The van der Waals surface area contributed by atoms with E-state index in [0.29, 0.717) is 62.7 Å². The molecule has 2 fully saturated rings. The second-order valence-electron chi connectivity index (χ2n) is 24.0. The molecule has 448 valence electrons. The molecule has 0 saturated carbocycles.